The Morgan fingerprint density at radius 2 is 2.00 bits per heavy atom. The fraction of sp³-hybridized carbons (Fsp3) is 0.0625. The van der Waals surface area contributed by atoms with Gasteiger partial charge in [-0.1, -0.05) is 0 Å². The van der Waals surface area contributed by atoms with Crippen LogP contribution in [0.15, 0.2) is 54.4 Å². The number of benzene rings is 1. The number of H-pyrrole nitrogens is 1. The number of thiazole rings is 1. The summed E-state index contributed by atoms with van der Waals surface area (Å²) < 4.78 is 13.2. The van der Waals surface area contributed by atoms with E-state index in [0.29, 0.717) is 5.69 Å². The predicted octanol–water partition coefficient (Wildman–Crippen LogP) is 4.17. The molecule has 0 spiro atoms. The molecule has 3 aromatic rings. The van der Waals surface area contributed by atoms with E-state index in [1.807, 2.05) is 12.3 Å². The van der Waals surface area contributed by atoms with Crippen molar-refractivity contribution in [2.24, 2.45) is 0 Å². The van der Waals surface area contributed by atoms with Crippen LogP contribution in [-0.4, -0.2) is 19.9 Å². The molecule has 0 atom stereocenters. The van der Waals surface area contributed by atoms with Gasteiger partial charge in [0.25, 0.3) is 0 Å². The van der Waals surface area contributed by atoms with Gasteiger partial charge in [0.15, 0.2) is 0 Å². The van der Waals surface area contributed by atoms with E-state index in [1.54, 1.807) is 30.6 Å². The average Bonchev–Trinajstić information content (AvgIpc) is 2.98. The van der Waals surface area contributed by atoms with Gasteiger partial charge in [-0.3, -0.25) is 0 Å². The minimum Gasteiger partial charge on any atom is -0.357 e. The smallest absolute Gasteiger partial charge is 0.142 e. The lowest BCUT2D eigenvalue weighted by atomic mass is 10.1. The topological polar surface area (TPSA) is 54.5 Å². The molecule has 0 unspecified atom stereocenters. The first-order valence-corrected chi connectivity index (χ1v) is 7.52. The number of hydrogen-bond acceptors (Lipinski definition) is 4. The summed E-state index contributed by atoms with van der Waals surface area (Å²) in [7, 11) is 0. The Morgan fingerprint density at radius 3 is 2.73 bits per heavy atom. The average molecular weight is 312 g/mol. The van der Waals surface area contributed by atoms with Crippen molar-refractivity contribution in [2.45, 2.75) is 6.92 Å². The van der Waals surface area contributed by atoms with Gasteiger partial charge in [0.2, 0.25) is 0 Å². The van der Waals surface area contributed by atoms with E-state index in [-0.39, 0.29) is 5.82 Å². The van der Waals surface area contributed by atoms with Crippen molar-refractivity contribution in [1.82, 2.24) is 19.9 Å². The molecule has 0 aliphatic heterocycles. The van der Waals surface area contributed by atoms with Crippen molar-refractivity contribution in [3.05, 3.63) is 65.9 Å². The molecular weight excluding hydrogens is 299 g/mol. The molecule has 0 bridgehead atoms. The summed E-state index contributed by atoms with van der Waals surface area (Å²) in [6.07, 6.45) is 4.87. The number of rotatable bonds is 2. The van der Waals surface area contributed by atoms with Crippen LogP contribution < -0.4 is 0 Å². The van der Waals surface area contributed by atoms with Gasteiger partial charge in [0.1, 0.15) is 22.8 Å². The minimum atomic E-state index is -0.283. The Labute approximate surface area is 131 Å². The van der Waals surface area contributed by atoms with Gasteiger partial charge in [-0.05, 0) is 37.3 Å². The van der Waals surface area contributed by atoms with Gasteiger partial charge in [-0.2, -0.15) is 0 Å². The van der Waals surface area contributed by atoms with E-state index in [0.717, 1.165) is 22.0 Å². The lowest BCUT2D eigenvalue weighted by Crippen LogP contribution is -1.89. The third-order valence-electron chi connectivity index (χ3n) is 2.94. The summed E-state index contributed by atoms with van der Waals surface area (Å²) >= 11 is 1.53. The molecule has 1 N–H and O–H groups in total. The molecule has 0 amide bonds. The zero-order valence-corrected chi connectivity index (χ0v) is 12.6. The second-order valence-electron chi connectivity index (χ2n) is 4.57. The van der Waals surface area contributed by atoms with Crippen LogP contribution in [0.4, 0.5) is 4.39 Å². The monoisotopic (exact) mass is 312 g/mol. The van der Waals surface area contributed by atoms with E-state index in [9.17, 15) is 4.39 Å². The van der Waals surface area contributed by atoms with Crippen LogP contribution >= 0.6 is 11.3 Å². The number of hydrogen-bond donors (Lipinski definition) is 1. The molecule has 0 saturated heterocycles. The van der Waals surface area contributed by atoms with Crippen molar-refractivity contribution >= 4 is 11.3 Å². The Balaban J connectivity index is 2.27. The van der Waals surface area contributed by atoms with Gasteiger partial charge < -0.3 is 4.98 Å². The van der Waals surface area contributed by atoms with E-state index in [1.165, 1.54) is 29.8 Å². The quantitative estimate of drug-likeness (QED) is 0.773. The van der Waals surface area contributed by atoms with Crippen LogP contribution in [0.25, 0.3) is 22.0 Å². The van der Waals surface area contributed by atoms with E-state index in [4.69, 9.17) is 0 Å². The summed E-state index contributed by atoms with van der Waals surface area (Å²) in [5.74, 6) is -0.283. The molecule has 0 aliphatic rings. The van der Waals surface area contributed by atoms with Gasteiger partial charge in [-0.15, -0.1) is 11.3 Å². The van der Waals surface area contributed by atoms with Gasteiger partial charge in [0.05, 0.1) is 5.69 Å². The highest BCUT2D eigenvalue weighted by molar-refractivity contribution is 7.13. The number of nitrogens with zero attached hydrogens (tertiary/aromatic N) is 3. The summed E-state index contributed by atoms with van der Waals surface area (Å²) in [6.45, 7) is 1.94. The second kappa shape index (κ2) is 6.44. The first-order valence-electron chi connectivity index (χ1n) is 6.64. The van der Waals surface area contributed by atoms with Gasteiger partial charge >= 0.3 is 0 Å². The largest absolute Gasteiger partial charge is 0.357 e. The Hall–Kier alpha value is -2.60. The maximum Gasteiger partial charge on any atom is 0.142 e. The summed E-state index contributed by atoms with van der Waals surface area (Å²) in [5, 5.41) is 2.79. The molecule has 0 saturated carbocycles. The number of halogens is 1. The van der Waals surface area contributed by atoms with E-state index < -0.39 is 0 Å². The molecule has 0 fully saturated rings. The van der Waals surface area contributed by atoms with Gasteiger partial charge in [0, 0.05) is 29.0 Å². The first kappa shape index (κ1) is 14.3. The first-order chi connectivity index (χ1) is 10.7. The molecule has 3 rings (SSSR count). The van der Waals surface area contributed by atoms with Crippen LogP contribution in [-0.2, 0) is 0 Å². The highest BCUT2D eigenvalue weighted by Gasteiger charge is 2.11. The molecule has 6 heteroatoms. The third-order valence-corrected chi connectivity index (χ3v) is 3.91. The fourth-order valence-corrected chi connectivity index (χ4v) is 2.75. The molecule has 1 aromatic carbocycles. The molecule has 0 aliphatic carbocycles. The van der Waals surface area contributed by atoms with Crippen molar-refractivity contribution in [3.8, 4) is 22.0 Å². The van der Waals surface area contributed by atoms with E-state index in [2.05, 4.69) is 19.9 Å². The number of aromatic nitrogens is 4. The van der Waals surface area contributed by atoms with Crippen LogP contribution in [0.1, 0.15) is 5.69 Å². The predicted molar refractivity (Wildman–Crippen MR) is 85.2 cm³/mol. The van der Waals surface area contributed by atoms with Crippen molar-refractivity contribution < 1.29 is 4.39 Å². The molecular formula is C16H13FN4S. The number of aryl methyl sites for hydroxylation is 1. The van der Waals surface area contributed by atoms with Crippen molar-refractivity contribution in [1.29, 1.82) is 0 Å². The van der Waals surface area contributed by atoms with Crippen LogP contribution in [0.2, 0.25) is 0 Å². The van der Waals surface area contributed by atoms with Crippen LogP contribution in [0.5, 0.6) is 0 Å². The fourth-order valence-electron chi connectivity index (χ4n) is 1.95. The normalized spacial score (nSPS) is 10.3. The highest BCUT2D eigenvalue weighted by Crippen LogP contribution is 2.29. The number of aromatic amines is 1. The Kier molecular flexibility index (Phi) is 4.20. The summed E-state index contributed by atoms with van der Waals surface area (Å²) in [5.41, 5.74) is 3.16. The maximum atomic E-state index is 13.2. The summed E-state index contributed by atoms with van der Waals surface area (Å²) in [6, 6.07) is 7.98. The summed E-state index contributed by atoms with van der Waals surface area (Å²) in [4.78, 5) is 16.2. The molecule has 22 heavy (non-hydrogen) atoms. The molecule has 2 aromatic heterocycles. The number of nitrogens with one attached hydrogen (secondary N) is 1. The minimum absolute atomic E-state index is 0.283. The Morgan fingerprint density at radius 1 is 1.18 bits per heavy atom. The maximum absolute atomic E-state index is 13.2. The van der Waals surface area contributed by atoms with Crippen LogP contribution in [0.3, 0.4) is 0 Å². The van der Waals surface area contributed by atoms with E-state index >= 15 is 0 Å². The van der Waals surface area contributed by atoms with Crippen LogP contribution in [0, 0.1) is 12.7 Å². The molecule has 0 radical (unpaired) electrons. The SMILES string of the molecule is Cc1csc(-c2[nH]cccncnc2-c2ccc(F)cc2)n1. The van der Waals surface area contributed by atoms with Gasteiger partial charge in [-0.25, -0.2) is 19.3 Å². The highest BCUT2D eigenvalue weighted by atomic mass is 32.1. The zero-order chi connectivity index (χ0) is 15.4. The third kappa shape index (κ3) is 3.17. The zero-order valence-electron chi connectivity index (χ0n) is 11.8. The second-order valence-corrected chi connectivity index (χ2v) is 5.43. The van der Waals surface area contributed by atoms with Crippen molar-refractivity contribution in [3.63, 3.8) is 0 Å². The molecule has 2 heterocycles. The lowest BCUT2D eigenvalue weighted by Gasteiger charge is -2.04. The lowest BCUT2D eigenvalue weighted by molar-refractivity contribution is 0.628. The van der Waals surface area contributed by atoms with Crippen molar-refractivity contribution in [2.75, 3.05) is 0 Å². The Bertz CT molecular complexity index is 822. The molecule has 4 nitrogen and oxygen atoms in total. The standard InChI is InChI=1S/C16H13FN4S/c1-11-9-22-16(21-11)15-14(12-3-5-13(17)6-4-12)20-10-18-7-2-8-19-15/h2-10,19H,1H3. The molecule has 110 valence electrons.